The number of fused-ring (bicyclic) bond motifs is 1. The fourth-order valence-corrected chi connectivity index (χ4v) is 2.73. The van der Waals surface area contributed by atoms with Crippen LogP contribution in [0.2, 0.25) is 0 Å². The van der Waals surface area contributed by atoms with Gasteiger partial charge in [0.25, 0.3) is 0 Å². The number of nitrogens with zero attached hydrogens (tertiary/aromatic N) is 1. The normalized spacial score (nSPS) is 17.9. The van der Waals surface area contributed by atoms with Gasteiger partial charge in [-0.05, 0) is 42.8 Å². The van der Waals surface area contributed by atoms with E-state index in [4.69, 9.17) is 15.5 Å². The molecule has 0 amide bonds. The van der Waals surface area contributed by atoms with Gasteiger partial charge in [0, 0.05) is 35.7 Å². The van der Waals surface area contributed by atoms with E-state index < -0.39 is 5.72 Å². The molecule has 1 saturated carbocycles. The highest BCUT2D eigenvalue weighted by molar-refractivity contribution is 6.16. The van der Waals surface area contributed by atoms with Gasteiger partial charge in [-0.2, -0.15) is 0 Å². The van der Waals surface area contributed by atoms with Crippen LogP contribution in [0.1, 0.15) is 29.5 Å². The quantitative estimate of drug-likeness (QED) is 0.814. The molecule has 1 aliphatic carbocycles. The fraction of sp³-hybridized carbons (Fsp3) is 0.235. The highest BCUT2D eigenvalue weighted by atomic mass is 19.1. The average Bonchev–Trinajstić information content (AvgIpc) is 3.16. The van der Waals surface area contributed by atoms with Crippen LogP contribution in [0.3, 0.4) is 0 Å². The van der Waals surface area contributed by atoms with Gasteiger partial charge in [0.05, 0.1) is 5.71 Å². The number of anilines is 1. The number of aryl methyl sites for hydroxylation is 1. The molecule has 2 aliphatic rings. The predicted molar refractivity (Wildman–Crippen MR) is 80.2 cm³/mol. The molecule has 0 aromatic heterocycles. The lowest BCUT2D eigenvalue weighted by Gasteiger charge is -2.25. The van der Waals surface area contributed by atoms with Gasteiger partial charge >= 0.3 is 0 Å². The van der Waals surface area contributed by atoms with E-state index in [1.165, 1.54) is 12.1 Å². The molecule has 0 unspecified atom stereocenters. The van der Waals surface area contributed by atoms with Crippen LogP contribution in [0.25, 0.3) is 0 Å². The molecule has 1 aliphatic heterocycles. The summed E-state index contributed by atoms with van der Waals surface area (Å²) in [5.41, 5.74) is 9.68. The van der Waals surface area contributed by atoms with Gasteiger partial charge in [0.1, 0.15) is 11.6 Å². The van der Waals surface area contributed by atoms with Crippen LogP contribution < -0.4 is 10.5 Å². The van der Waals surface area contributed by atoms with Crippen molar-refractivity contribution < 1.29 is 9.13 Å². The highest BCUT2D eigenvalue weighted by Gasteiger charge is 2.48. The minimum Gasteiger partial charge on any atom is -0.465 e. The molecule has 2 aromatic rings. The summed E-state index contributed by atoms with van der Waals surface area (Å²) < 4.78 is 19.3. The Balaban J connectivity index is 1.92. The van der Waals surface area contributed by atoms with Gasteiger partial charge in [-0.15, -0.1) is 0 Å². The van der Waals surface area contributed by atoms with Gasteiger partial charge in [-0.1, -0.05) is 0 Å². The Morgan fingerprint density at radius 2 is 1.90 bits per heavy atom. The van der Waals surface area contributed by atoms with Gasteiger partial charge in [-0.3, -0.25) is 0 Å². The topological polar surface area (TPSA) is 47.6 Å². The standard InChI is InChI=1S/C17H15FN2O/c1-10-8-11(18)2-4-13(10)16-14-5-3-12(19)9-15(14)21-17(20-16)6-7-17/h2-5,8-9H,6-7,19H2,1H3. The highest BCUT2D eigenvalue weighted by Crippen LogP contribution is 2.47. The molecule has 0 saturated heterocycles. The van der Waals surface area contributed by atoms with E-state index in [1.54, 1.807) is 6.07 Å². The van der Waals surface area contributed by atoms with Crippen molar-refractivity contribution >= 4 is 11.4 Å². The van der Waals surface area contributed by atoms with E-state index in [0.29, 0.717) is 5.69 Å². The molecule has 0 radical (unpaired) electrons. The molecule has 1 spiro atoms. The van der Waals surface area contributed by atoms with Gasteiger partial charge in [0.15, 0.2) is 0 Å². The Morgan fingerprint density at radius 3 is 2.62 bits per heavy atom. The van der Waals surface area contributed by atoms with Crippen molar-refractivity contribution in [2.75, 3.05) is 5.73 Å². The number of aliphatic imine (C=N–C) groups is 1. The zero-order valence-electron chi connectivity index (χ0n) is 11.7. The van der Waals surface area contributed by atoms with Crippen molar-refractivity contribution in [2.24, 2.45) is 4.99 Å². The van der Waals surface area contributed by atoms with Crippen molar-refractivity contribution in [1.29, 1.82) is 0 Å². The number of hydrogen-bond donors (Lipinski definition) is 1. The van der Waals surface area contributed by atoms with Crippen molar-refractivity contribution in [1.82, 2.24) is 0 Å². The molecule has 1 heterocycles. The molecule has 0 bridgehead atoms. The minimum absolute atomic E-state index is 0.234. The molecular formula is C17H15FN2O. The summed E-state index contributed by atoms with van der Waals surface area (Å²) in [5.74, 6) is 0.531. The molecule has 3 nitrogen and oxygen atoms in total. The molecule has 4 heteroatoms. The second-order valence-electron chi connectivity index (χ2n) is 5.72. The first-order valence-electron chi connectivity index (χ1n) is 7.02. The molecular weight excluding hydrogens is 267 g/mol. The first-order valence-corrected chi connectivity index (χ1v) is 7.02. The lowest BCUT2D eigenvalue weighted by Crippen LogP contribution is -2.25. The summed E-state index contributed by atoms with van der Waals surface area (Å²) in [6, 6.07) is 10.4. The van der Waals surface area contributed by atoms with Crippen LogP contribution in [0.15, 0.2) is 41.4 Å². The van der Waals surface area contributed by atoms with Crippen LogP contribution in [0.4, 0.5) is 10.1 Å². The Hall–Kier alpha value is -2.36. The number of rotatable bonds is 1. The number of ether oxygens (including phenoxy) is 1. The van der Waals surface area contributed by atoms with E-state index in [9.17, 15) is 4.39 Å². The van der Waals surface area contributed by atoms with Crippen LogP contribution in [0.5, 0.6) is 5.75 Å². The molecule has 2 aromatic carbocycles. The Kier molecular flexibility index (Phi) is 2.40. The molecule has 2 N–H and O–H groups in total. The minimum atomic E-state index is -0.434. The van der Waals surface area contributed by atoms with Crippen molar-refractivity contribution in [3.8, 4) is 5.75 Å². The number of nitrogens with two attached hydrogens (primary N) is 1. The summed E-state index contributed by atoms with van der Waals surface area (Å²) >= 11 is 0. The summed E-state index contributed by atoms with van der Waals surface area (Å²) in [4.78, 5) is 4.79. The molecule has 106 valence electrons. The van der Waals surface area contributed by atoms with E-state index in [-0.39, 0.29) is 5.82 Å². The second-order valence-corrected chi connectivity index (χ2v) is 5.72. The smallest absolute Gasteiger partial charge is 0.201 e. The van der Waals surface area contributed by atoms with E-state index in [0.717, 1.165) is 41.0 Å². The maximum Gasteiger partial charge on any atom is 0.201 e. The van der Waals surface area contributed by atoms with Crippen LogP contribution >= 0.6 is 0 Å². The van der Waals surface area contributed by atoms with Crippen LogP contribution in [-0.4, -0.2) is 11.4 Å². The zero-order chi connectivity index (χ0) is 14.6. The van der Waals surface area contributed by atoms with Crippen molar-refractivity contribution in [2.45, 2.75) is 25.5 Å². The third kappa shape index (κ3) is 1.98. The number of hydrogen-bond acceptors (Lipinski definition) is 3. The Labute approximate surface area is 122 Å². The predicted octanol–water partition coefficient (Wildman–Crippen LogP) is 3.44. The van der Waals surface area contributed by atoms with Gasteiger partial charge < -0.3 is 10.5 Å². The molecule has 1 fully saturated rings. The summed E-state index contributed by atoms with van der Waals surface area (Å²) in [6.45, 7) is 1.90. The lowest BCUT2D eigenvalue weighted by molar-refractivity contribution is 0.184. The zero-order valence-corrected chi connectivity index (χ0v) is 11.7. The SMILES string of the molecule is Cc1cc(F)ccc1C1=NC2(CC2)Oc2cc(N)ccc21. The first kappa shape index (κ1) is 12.4. The third-order valence-corrected chi connectivity index (χ3v) is 4.00. The van der Waals surface area contributed by atoms with Crippen LogP contribution in [0, 0.1) is 12.7 Å². The van der Waals surface area contributed by atoms with E-state index >= 15 is 0 Å². The third-order valence-electron chi connectivity index (χ3n) is 4.00. The maximum absolute atomic E-state index is 13.3. The molecule has 4 rings (SSSR count). The maximum atomic E-state index is 13.3. The second kappa shape index (κ2) is 4.07. The van der Waals surface area contributed by atoms with Crippen molar-refractivity contribution in [3.05, 3.63) is 58.9 Å². The fourth-order valence-electron chi connectivity index (χ4n) is 2.73. The molecule has 21 heavy (non-hydrogen) atoms. The summed E-state index contributed by atoms with van der Waals surface area (Å²) in [6.07, 6.45) is 1.82. The lowest BCUT2D eigenvalue weighted by atomic mass is 9.96. The average molecular weight is 282 g/mol. The summed E-state index contributed by atoms with van der Waals surface area (Å²) in [7, 11) is 0. The molecule has 0 atom stereocenters. The number of halogens is 1. The summed E-state index contributed by atoms with van der Waals surface area (Å²) in [5, 5.41) is 0. The van der Waals surface area contributed by atoms with Gasteiger partial charge in [0.2, 0.25) is 5.72 Å². The van der Waals surface area contributed by atoms with Crippen LogP contribution in [-0.2, 0) is 0 Å². The number of benzene rings is 2. The Bertz CT molecular complexity index is 778. The largest absolute Gasteiger partial charge is 0.465 e. The van der Waals surface area contributed by atoms with Gasteiger partial charge in [-0.25, -0.2) is 9.38 Å². The number of nitrogen functional groups attached to an aromatic ring is 1. The van der Waals surface area contributed by atoms with E-state index in [1.807, 2.05) is 25.1 Å². The van der Waals surface area contributed by atoms with Crippen molar-refractivity contribution in [3.63, 3.8) is 0 Å². The Morgan fingerprint density at radius 1 is 1.14 bits per heavy atom. The monoisotopic (exact) mass is 282 g/mol. The first-order chi connectivity index (χ1) is 10.1. The van der Waals surface area contributed by atoms with E-state index in [2.05, 4.69) is 0 Å².